The number of amides is 1. The van der Waals surface area contributed by atoms with Gasteiger partial charge in [-0.1, -0.05) is 12.1 Å². The fraction of sp³-hybridized carbons (Fsp3) is 0.111. The number of halogens is 1. The second kappa shape index (κ2) is 7.92. The maximum absolute atomic E-state index is 13.3. The number of carbonyl (C=O) groups is 1. The van der Waals surface area contributed by atoms with Crippen molar-refractivity contribution in [3.8, 4) is 5.75 Å². The smallest absolute Gasteiger partial charge is 0.311 e. The van der Waals surface area contributed by atoms with Crippen LogP contribution >= 0.6 is 11.3 Å². The van der Waals surface area contributed by atoms with Crippen LogP contribution in [0.5, 0.6) is 5.75 Å². The summed E-state index contributed by atoms with van der Waals surface area (Å²) in [4.78, 5) is 27.8. The molecule has 0 saturated heterocycles. The number of carbonyl (C=O) groups excluding carboxylic acids is 1. The Hall–Kier alpha value is -3.33. The Morgan fingerprint density at radius 2 is 2.15 bits per heavy atom. The second-order valence-corrected chi connectivity index (χ2v) is 6.65. The summed E-state index contributed by atoms with van der Waals surface area (Å²) in [5.74, 6) is -0.762. The van der Waals surface area contributed by atoms with Gasteiger partial charge in [-0.15, -0.1) is 11.3 Å². The van der Waals surface area contributed by atoms with E-state index >= 15 is 0 Å². The molecule has 0 unspecified atom stereocenters. The van der Waals surface area contributed by atoms with Gasteiger partial charge in [0.05, 0.1) is 12.0 Å². The van der Waals surface area contributed by atoms with E-state index in [0.29, 0.717) is 11.6 Å². The Morgan fingerprint density at radius 3 is 2.85 bits per heavy atom. The highest BCUT2D eigenvalue weighted by atomic mass is 32.1. The van der Waals surface area contributed by atoms with Crippen LogP contribution in [0.15, 0.2) is 48.7 Å². The molecule has 1 heterocycles. The van der Waals surface area contributed by atoms with E-state index in [4.69, 9.17) is 4.74 Å². The average molecular weight is 387 g/mol. The SMILES string of the molecule is COc1ccc(C(=O)Nc2ncc(Cc3cccc(F)c3)s2)cc1[N+](=O)[O-]. The predicted molar refractivity (Wildman–Crippen MR) is 98.9 cm³/mol. The molecule has 0 bridgehead atoms. The third-order valence-corrected chi connectivity index (χ3v) is 4.59. The van der Waals surface area contributed by atoms with E-state index in [9.17, 15) is 19.3 Å². The van der Waals surface area contributed by atoms with Crippen molar-refractivity contribution in [1.29, 1.82) is 0 Å². The van der Waals surface area contributed by atoms with E-state index in [-0.39, 0.29) is 22.8 Å². The zero-order valence-electron chi connectivity index (χ0n) is 14.1. The molecule has 3 aromatic rings. The summed E-state index contributed by atoms with van der Waals surface area (Å²) in [6, 6.07) is 10.2. The van der Waals surface area contributed by atoms with Gasteiger partial charge in [0.1, 0.15) is 5.82 Å². The Kier molecular flexibility index (Phi) is 5.41. The fourth-order valence-electron chi connectivity index (χ4n) is 2.44. The van der Waals surface area contributed by atoms with Crippen LogP contribution in [-0.4, -0.2) is 22.9 Å². The first-order chi connectivity index (χ1) is 13.0. The van der Waals surface area contributed by atoms with Gasteiger partial charge in [0.15, 0.2) is 10.9 Å². The minimum absolute atomic E-state index is 0.0724. The van der Waals surface area contributed by atoms with Crippen molar-refractivity contribution in [3.63, 3.8) is 0 Å². The van der Waals surface area contributed by atoms with Crippen molar-refractivity contribution < 1.29 is 18.8 Å². The molecule has 0 saturated carbocycles. The highest BCUT2D eigenvalue weighted by molar-refractivity contribution is 7.15. The molecule has 0 aliphatic rings. The van der Waals surface area contributed by atoms with E-state index < -0.39 is 10.8 Å². The van der Waals surface area contributed by atoms with Gasteiger partial charge in [0, 0.05) is 29.1 Å². The van der Waals surface area contributed by atoms with Crippen molar-refractivity contribution >= 4 is 28.1 Å². The van der Waals surface area contributed by atoms with E-state index in [1.165, 1.54) is 42.7 Å². The number of nitrogens with zero attached hydrogens (tertiary/aromatic N) is 2. The second-order valence-electron chi connectivity index (χ2n) is 5.54. The molecule has 7 nitrogen and oxygen atoms in total. The van der Waals surface area contributed by atoms with Crippen LogP contribution in [0, 0.1) is 15.9 Å². The van der Waals surface area contributed by atoms with Gasteiger partial charge in [-0.3, -0.25) is 20.2 Å². The molecule has 0 atom stereocenters. The summed E-state index contributed by atoms with van der Waals surface area (Å²) in [6.45, 7) is 0. The third kappa shape index (κ3) is 4.45. The molecule has 1 aromatic heterocycles. The predicted octanol–water partition coefficient (Wildman–Crippen LogP) is 4.04. The molecule has 1 amide bonds. The van der Waals surface area contributed by atoms with Crippen LogP contribution in [0.1, 0.15) is 20.8 Å². The minimum atomic E-state index is -0.615. The lowest BCUT2D eigenvalue weighted by atomic mass is 10.1. The molecule has 3 rings (SSSR count). The lowest BCUT2D eigenvalue weighted by molar-refractivity contribution is -0.385. The Labute approximate surface area is 157 Å². The Bertz CT molecular complexity index is 1010. The molecule has 0 radical (unpaired) electrons. The number of rotatable bonds is 6. The number of anilines is 1. The number of thiazole rings is 1. The molecular weight excluding hydrogens is 373 g/mol. The maximum Gasteiger partial charge on any atom is 0.311 e. The summed E-state index contributed by atoms with van der Waals surface area (Å²) < 4.78 is 18.2. The maximum atomic E-state index is 13.3. The highest BCUT2D eigenvalue weighted by Crippen LogP contribution is 2.28. The minimum Gasteiger partial charge on any atom is -0.490 e. The number of hydrogen-bond acceptors (Lipinski definition) is 6. The average Bonchev–Trinajstić information content (AvgIpc) is 3.07. The van der Waals surface area contributed by atoms with E-state index in [0.717, 1.165) is 16.5 Å². The zero-order chi connectivity index (χ0) is 19.4. The van der Waals surface area contributed by atoms with Crippen LogP contribution in [0.25, 0.3) is 0 Å². The first-order valence-corrected chi connectivity index (χ1v) is 8.61. The molecule has 27 heavy (non-hydrogen) atoms. The van der Waals surface area contributed by atoms with Crippen molar-refractivity contribution in [2.45, 2.75) is 6.42 Å². The summed E-state index contributed by atoms with van der Waals surface area (Å²) >= 11 is 1.25. The van der Waals surface area contributed by atoms with Crippen molar-refractivity contribution in [2.24, 2.45) is 0 Å². The van der Waals surface area contributed by atoms with Crippen molar-refractivity contribution in [1.82, 2.24) is 4.98 Å². The molecule has 1 N–H and O–H groups in total. The lowest BCUT2D eigenvalue weighted by Crippen LogP contribution is -2.12. The first-order valence-electron chi connectivity index (χ1n) is 7.79. The van der Waals surface area contributed by atoms with Crippen molar-refractivity contribution in [2.75, 3.05) is 12.4 Å². The Balaban J connectivity index is 1.72. The molecule has 9 heteroatoms. The number of methoxy groups -OCH3 is 1. The monoisotopic (exact) mass is 387 g/mol. The van der Waals surface area contributed by atoms with E-state index in [1.807, 2.05) is 0 Å². The Morgan fingerprint density at radius 1 is 1.33 bits per heavy atom. The number of nitro groups is 1. The highest BCUT2D eigenvalue weighted by Gasteiger charge is 2.19. The number of ether oxygens (including phenoxy) is 1. The zero-order valence-corrected chi connectivity index (χ0v) is 15.0. The largest absolute Gasteiger partial charge is 0.490 e. The molecule has 0 spiro atoms. The van der Waals surface area contributed by atoms with Crippen LogP contribution in [0.4, 0.5) is 15.2 Å². The normalized spacial score (nSPS) is 10.4. The van der Waals surface area contributed by atoms with Crippen molar-refractivity contribution in [3.05, 3.63) is 80.6 Å². The van der Waals surface area contributed by atoms with E-state index in [2.05, 4.69) is 10.3 Å². The standard InChI is InChI=1S/C18H14FN3O4S/c1-26-16-6-5-12(9-15(16)22(24)25)17(23)21-18-20-10-14(27-18)8-11-3-2-4-13(19)7-11/h2-7,9-10H,8H2,1H3,(H,20,21,23). The first kappa shape index (κ1) is 18.5. The van der Waals surface area contributed by atoms with Crippen LogP contribution in [0.3, 0.4) is 0 Å². The van der Waals surface area contributed by atoms with Gasteiger partial charge in [-0.25, -0.2) is 9.37 Å². The number of aromatic nitrogens is 1. The summed E-state index contributed by atoms with van der Waals surface area (Å²) in [6.07, 6.45) is 2.08. The van der Waals surface area contributed by atoms with Gasteiger partial charge in [-0.05, 0) is 29.8 Å². The number of benzene rings is 2. The molecular formula is C18H14FN3O4S. The summed E-state index contributed by atoms with van der Waals surface area (Å²) in [5, 5.41) is 14.0. The van der Waals surface area contributed by atoms with Crippen LogP contribution < -0.4 is 10.1 Å². The van der Waals surface area contributed by atoms with Gasteiger partial charge in [-0.2, -0.15) is 0 Å². The molecule has 2 aromatic carbocycles. The molecule has 0 fully saturated rings. The third-order valence-electron chi connectivity index (χ3n) is 3.68. The summed E-state index contributed by atoms with van der Waals surface area (Å²) in [7, 11) is 1.32. The van der Waals surface area contributed by atoms with Gasteiger partial charge in [0.25, 0.3) is 5.91 Å². The quantitative estimate of drug-likeness (QED) is 0.509. The lowest BCUT2D eigenvalue weighted by Gasteiger charge is -2.05. The van der Waals surface area contributed by atoms with Crippen LogP contribution in [0.2, 0.25) is 0 Å². The van der Waals surface area contributed by atoms with E-state index in [1.54, 1.807) is 18.3 Å². The van der Waals surface area contributed by atoms with Crippen LogP contribution in [-0.2, 0) is 6.42 Å². The summed E-state index contributed by atoms with van der Waals surface area (Å²) in [5.41, 5.74) is 0.614. The number of nitrogens with one attached hydrogen (secondary N) is 1. The number of hydrogen-bond donors (Lipinski definition) is 1. The van der Waals surface area contributed by atoms with Gasteiger partial charge < -0.3 is 4.74 Å². The number of nitro benzene ring substituents is 1. The molecule has 0 aliphatic heterocycles. The topological polar surface area (TPSA) is 94.4 Å². The molecule has 138 valence electrons. The molecule has 0 aliphatic carbocycles. The fourth-order valence-corrected chi connectivity index (χ4v) is 3.28. The van der Waals surface area contributed by atoms with Gasteiger partial charge >= 0.3 is 5.69 Å². The van der Waals surface area contributed by atoms with Gasteiger partial charge in [0.2, 0.25) is 0 Å².